The van der Waals surface area contributed by atoms with Crippen LogP contribution in [0.15, 0.2) is 52.9 Å². The molecule has 3 rings (SSSR count). The van der Waals surface area contributed by atoms with Crippen LogP contribution in [0.5, 0.6) is 5.75 Å². The molecule has 0 unspecified atom stereocenters. The number of para-hydroxylation sites is 1. The van der Waals surface area contributed by atoms with Crippen molar-refractivity contribution < 1.29 is 13.9 Å². The maximum Gasteiger partial charge on any atom is 0.251 e. The Labute approximate surface area is 114 Å². The summed E-state index contributed by atoms with van der Waals surface area (Å²) in [6.07, 6.45) is 0.418. The average Bonchev–Trinajstić information content (AvgIpc) is 2.90. The molecule has 0 aliphatic rings. The first kappa shape index (κ1) is 12.3. The van der Waals surface area contributed by atoms with Gasteiger partial charge in [-0.1, -0.05) is 24.3 Å². The fourth-order valence-corrected chi connectivity index (χ4v) is 1.87. The van der Waals surface area contributed by atoms with E-state index in [0.29, 0.717) is 17.9 Å². The van der Waals surface area contributed by atoms with E-state index in [0.717, 1.165) is 5.56 Å². The molecule has 4 nitrogen and oxygen atoms in total. The topological polar surface area (TPSA) is 59.2 Å². The van der Waals surface area contributed by atoms with Gasteiger partial charge in [0.1, 0.15) is 11.6 Å². The number of rotatable bonds is 3. The van der Waals surface area contributed by atoms with Crippen LogP contribution in [0.25, 0.3) is 11.5 Å². The number of aromatic hydroxyl groups is 1. The second-order valence-corrected chi connectivity index (χ2v) is 4.32. The molecule has 5 heteroatoms. The third kappa shape index (κ3) is 2.51. The molecule has 1 aromatic heterocycles. The molecule has 0 radical (unpaired) electrons. The van der Waals surface area contributed by atoms with Gasteiger partial charge in [-0.3, -0.25) is 0 Å². The molecule has 3 aromatic rings. The number of halogens is 1. The zero-order valence-electron chi connectivity index (χ0n) is 10.5. The molecule has 0 aliphatic carbocycles. The van der Waals surface area contributed by atoms with Crippen molar-refractivity contribution in [2.45, 2.75) is 6.42 Å². The summed E-state index contributed by atoms with van der Waals surface area (Å²) in [5.74, 6) is 0.480. The van der Waals surface area contributed by atoms with E-state index in [1.807, 2.05) is 0 Å². The minimum Gasteiger partial charge on any atom is -0.507 e. The van der Waals surface area contributed by atoms with Gasteiger partial charge in [0, 0.05) is 0 Å². The molecule has 0 atom stereocenters. The second kappa shape index (κ2) is 5.13. The molecule has 0 spiro atoms. The Morgan fingerprint density at radius 1 is 1.00 bits per heavy atom. The van der Waals surface area contributed by atoms with Gasteiger partial charge in [0.05, 0.1) is 12.0 Å². The second-order valence-electron chi connectivity index (χ2n) is 4.32. The van der Waals surface area contributed by atoms with Gasteiger partial charge in [0.25, 0.3) is 5.89 Å². The summed E-state index contributed by atoms with van der Waals surface area (Å²) in [6, 6.07) is 12.8. The Balaban J connectivity index is 1.84. The van der Waals surface area contributed by atoms with E-state index >= 15 is 0 Å². The van der Waals surface area contributed by atoms with E-state index < -0.39 is 0 Å². The zero-order chi connectivity index (χ0) is 13.9. The Morgan fingerprint density at radius 3 is 2.50 bits per heavy atom. The first-order chi connectivity index (χ1) is 9.72. The van der Waals surface area contributed by atoms with Crippen molar-refractivity contribution in [2.24, 2.45) is 0 Å². The number of hydrogen-bond donors (Lipinski definition) is 1. The van der Waals surface area contributed by atoms with Gasteiger partial charge in [-0.05, 0) is 29.8 Å². The summed E-state index contributed by atoms with van der Waals surface area (Å²) in [7, 11) is 0. The predicted molar refractivity (Wildman–Crippen MR) is 70.6 cm³/mol. The maximum atomic E-state index is 12.8. The highest BCUT2D eigenvalue weighted by Crippen LogP contribution is 2.27. The highest BCUT2D eigenvalue weighted by molar-refractivity contribution is 5.61. The Bertz CT molecular complexity index is 723. The van der Waals surface area contributed by atoms with Gasteiger partial charge in [-0.25, -0.2) is 4.39 Å². The number of phenols is 1. The largest absolute Gasteiger partial charge is 0.507 e. The lowest BCUT2D eigenvalue weighted by molar-refractivity contribution is 0.469. The van der Waals surface area contributed by atoms with Gasteiger partial charge in [-0.15, -0.1) is 10.2 Å². The molecule has 2 aromatic carbocycles. The highest BCUT2D eigenvalue weighted by Gasteiger charge is 2.12. The first-order valence-electron chi connectivity index (χ1n) is 6.07. The minimum absolute atomic E-state index is 0.0875. The van der Waals surface area contributed by atoms with Crippen LogP contribution in [0.1, 0.15) is 11.5 Å². The molecule has 0 saturated heterocycles. The number of benzene rings is 2. The summed E-state index contributed by atoms with van der Waals surface area (Å²) < 4.78 is 18.3. The third-order valence-corrected chi connectivity index (χ3v) is 2.87. The first-order valence-corrected chi connectivity index (χ1v) is 6.07. The third-order valence-electron chi connectivity index (χ3n) is 2.87. The molecule has 20 heavy (non-hydrogen) atoms. The van der Waals surface area contributed by atoms with E-state index in [9.17, 15) is 9.50 Å². The van der Waals surface area contributed by atoms with Crippen LogP contribution in [0.2, 0.25) is 0 Å². The highest BCUT2D eigenvalue weighted by atomic mass is 19.1. The van der Waals surface area contributed by atoms with Crippen LogP contribution in [0, 0.1) is 5.82 Å². The smallest absolute Gasteiger partial charge is 0.251 e. The Hall–Kier alpha value is -2.69. The van der Waals surface area contributed by atoms with Crippen LogP contribution >= 0.6 is 0 Å². The molecular formula is C15H11FN2O2. The molecule has 0 fully saturated rings. The van der Waals surface area contributed by atoms with E-state index in [1.165, 1.54) is 12.1 Å². The lowest BCUT2D eigenvalue weighted by Gasteiger charge is -1.98. The Morgan fingerprint density at radius 2 is 1.75 bits per heavy atom. The van der Waals surface area contributed by atoms with Crippen molar-refractivity contribution in [3.05, 3.63) is 65.8 Å². The van der Waals surface area contributed by atoms with E-state index in [1.54, 1.807) is 36.4 Å². The predicted octanol–water partition coefficient (Wildman–Crippen LogP) is 3.17. The number of aromatic nitrogens is 2. The molecule has 0 saturated carbocycles. The molecule has 0 bridgehead atoms. The van der Waals surface area contributed by atoms with Crippen molar-refractivity contribution in [3.63, 3.8) is 0 Å². The molecule has 1 heterocycles. The summed E-state index contributed by atoms with van der Waals surface area (Å²) in [5.41, 5.74) is 1.37. The number of hydrogen-bond acceptors (Lipinski definition) is 4. The molecular weight excluding hydrogens is 259 g/mol. The van der Waals surface area contributed by atoms with Gasteiger partial charge in [0.2, 0.25) is 5.89 Å². The maximum absolute atomic E-state index is 12.8. The molecule has 1 N–H and O–H groups in total. The molecule has 0 aliphatic heterocycles. The van der Waals surface area contributed by atoms with Crippen LogP contribution in [-0.4, -0.2) is 15.3 Å². The van der Waals surface area contributed by atoms with Crippen LogP contribution < -0.4 is 0 Å². The van der Waals surface area contributed by atoms with E-state index in [4.69, 9.17) is 4.42 Å². The van der Waals surface area contributed by atoms with Crippen molar-refractivity contribution in [2.75, 3.05) is 0 Å². The molecule has 0 amide bonds. The van der Waals surface area contributed by atoms with Gasteiger partial charge < -0.3 is 9.52 Å². The van der Waals surface area contributed by atoms with E-state index in [2.05, 4.69) is 10.2 Å². The summed E-state index contributed by atoms with van der Waals surface area (Å²) in [5, 5.41) is 17.6. The normalized spacial score (nSPS) is 10.7. The Kier molecular flexibility index (Phi) is 3.16. The number of phenolic OH excluding ortho intramolecular Hbond substituents is 1. The van der Waals surface area contributed by atoms with Crippen LogP contribution in [0.4, 0.5) is 4.39 Å². The van der Waals surface area contributed by atoms with E-state index in [-0.39, 0.29) is 17.5 Å². The fraction of sp³-hybridized carbons (Fsp3) is 0.0667. The number of nitrogens with zero attached hydrogens (tertiary/aromatic N) is 2. The summed E-state index contributed by atoms with van der Waals surface area (Å²) in [4.78, 5) is 0. The molecule has 100 valence electrons. The minimum atomic E-state index is -0.283. The lowest BCUT2D eigenvalue weighted by Crippen LogP contribution is -1.88. The zero-order valence-corrected chi connectivity index (χ0v) is 10.5. The quantitative estimate of drug-likeness (QED) is 0.794. The van der Waals surface area contributed by atoms with Crippen molar-refractivity contribution in [1.82, 2.24) is 10.2 Å². The van der Waals surface area contributed by atoms with Crippen molar-refractivity contribution in [1.29, 1.82) is 0 Å². The average molecular weight is 270 g/mol. The van der Waals surface area contributed by atoms with Crippen molar-refractivity contribution in [3.8, 4) is 17.2 Å². The fourth-order valence-electron chi connectivity index (χ4n) is 1.87. The van der Waals surface area contributed by atoms with Crippen molar-refractivity contribution >= 4 is 0 Å². The van der Waals surface area contributed by atoms with Crippen LogP contribution in [0.3, 0.4) is 0 Å². The standard InChI is InChI=1S/C15H11FN2O2/c16-11-7-5-10(6-8-11)9-14-17-18-15(20-14)12-3-1-2-4-13(12)19/h1-8,19H,9H2. The van der Waals surface area contributed by atoms with Crippen LogP contribution in [-0.2, 0) is 6.42 Å². The van der Waals surface area contributed by atoms with Gasteiger partial charge in [0.15, 0.2) is 0 Å². The lowest BCUT2D eigenvalue weighted by atomic mass is 10.1. The summed E-state index contributed by atoms with van der Waals surface area (Å²) >= 11 is 0. The monoisotopic (exact) mass is 270 g/mol. The summed E-state index contributed by atoms with van der Waals surface area (Å²) in [6.45, 7) is 0. The SMILES string of the molecule is Oc1ccccc1-c1nnc(Cc2ccc(F)cc2)o1. The van der Waals surface area contributed by atoms with Gasteiger partial charge in [-0.2, -0.15) is 0 Å². The van der Waals surface area contributed by atoms with Gasteiger partial charge >= 0.3 is 0 Å².